The zero-order valence-corrected chi connectivity index (χ0v) is 14.3. The van der Waals surface area contributed by atoms with Crippen LogP contribution in [0.5, 0.6) is 0 Å². The highest BCUT2D eigenvalue weighted by atomic mass is 32.2. The normalized spacial score (nSPS) is 14.3. The molecule has 24 heavy (non-hydrogen) atoms. The van der Waals surface area contributed by atoms with Gasteiger partial charge < -0.3 is 10.6 Å². The molecule has 1 heterocycles. The number of hydrogen-bond acceptors (Lipinski definition) is 4. The number of rotatable bonds is 3. The molecule has 0 fully saturated rings. The van der Waals surface area contributed by atoms with E-state index < -0.39 is 9.84 Å². The summed E-state index contributed by atoms with van der Waals surface area (Å²) in [6.45, 7) is 0.653. The average molecular weight is 344 g/mol. The van der Waals surface area contributed by atoms with Crippen LogP contribution in [0.1, 0.15) is 27.9 Å². The number of fused-ring (bicyclic) bond motifs is 1. The van der Waals surface area contributed by atoms with Gasteiger partial charge in [0, 0.05) is 29.7 Å². The number of nitrogens with two attached hydrogens (primary N) is 1. The number of carbonyl (C=O) groups excluding carboxylic acids is 1. The van der Waals surface area contributed by atoms with Crippen LogP contribution in [0.25, 0.3) is 0 Å². The number of benzene rings is 2. The molecule has 0 radical (unpaired) electrons. The van der Waals surface area contributed by atoms with Gasteiger partial charge in [-0.15, -0.1) is 0 Å². The Balaban J connectivity index is 1.87. The minimum atomic E-state index is -3.08. The minimum Gasteiger partial charge on any atom is -0.398 e. The Bertz CT molecular complexity index is 874. The van der Waals surface area contributed by atoms with Gasteiger partial charge in [-0.1, -0.05) is 18.2 Å². The molecule has 1 amide bonds. The van der Waals surface area contributed by atoms with Crippen molar-refractivity contribution in [2.24, 2.45) is 0 Å². The van der Waals surface area contributed by atoms with Gasteiger partial charge >= 0.3 is 0 Å². The van der Waals surface area contributed by atoms with Crippen LogP contribution in [-0.4, -0.2) is 27.1 Å². The predicted molar refractivity (Wildman–Crippen MR) is 95.8 cm³/mol. The Morgan fingerprint density at radius 1 is 1.17 bits per heavy atom. The zero-order chi connectivity index (χ0) is 17.3. The molecular formula is C18H20N2O3S. The second-order valence-electron chi connectivity index (χ2n) is 6.17. The first kappa shape index (κ1) is 16.5. The molecule has 126 valence electrons. The van der Waals surface area contributed by atoms with Gasteiger partial charge in [-0.05, 0) is 48.2 Å². The largest absolute Gasteiger partial charge is 0.398 e. The number of nitrogen functional groups attached to an aromatic ring is 1. The summed E-state index contributed by atoms with van der Waals surface area (Å²) in [5.74, 6) is -0.114. The first-order valence-electron chi connectivity index (χ1n) is 7.81. The summed E-state index contributed by atoms with van der Waals surface area (Å²) in [5.41, 5.74) is 9.85. The highest BCUT2D eigenvalue weighted by Gasteiger charge is 2.24. The summed E-state index contributed by atoms with van der Waals surface area (Å²) in [6.07, 6.45) is 2.94. The minimum absolute atomic E-state index is 0.0233. The lowest BCUT2D eigenvalue weighted by molar-refractivity contribution is 0.0985. The molecule has 0 aliphatic carbocycles. The molecule has 6 heteroatoms. The Hall–Kier alpha value is -2.34. The lowest BCUT2D eigenvalue weighted by atomic mass is 9.99. The fourth-order valence-electron chi connectivity index (χ4n) is 3.06. The van der Waals surface area contributed by atoms with Crippen molar-refractivity contribution in [1.29, 1.82) is 0 Å². The van der Waals surface area contributed by atoms with Crippen LogP contribution in [0.15, 0.2) is 42.5 Å². The van der Waals surface area contributed by atoms with E-state index in [0.29, 0.717) is 23.4 Å². The van der Waals surface area contributed by atoms with E-state index in [0.717, 1.165) is 24.1 Å². The van der Waals surface area contributed by atoms with Crippen LogP contribution < -0.4 is 10.6 Å². The van der Waals surface area contributed by atoms with Gasteiger partial charge in [0.05, 0.1) is 5.75 Å². The van der Waals surface area contributed by atoms with E-state index in [2.05, 4.69) is 0 Å². The van der Waals surface area contributed by atoms with Gasteiger partial charge in [0.1, 0.15) is 0 Å². The molecule has 3 rings (SSSR count). The number of amides is 1. The van der Waals surface area contributed by atoms with Crippen molar-refractivity contribution in [3.05, 3.63) is 59.2 Å². The molecule has 0 unspecified atom stereocenters. The van der Waals surface area contributed by atoms with Crippen molar-refractivity contribution in [3.63, 3.8) is 0 Å². The standard InChI is InChI=1S/C18H20N2O3S/c1-24(22,23)12-13-7-9-14(10-8-13)18(21)20-11-3-4-15-16(19)5-2-6-17(15)20/h2,5-10H,3-4,11-12,19H2,1H3. The van der Waals surface area contributed by atoms with Gasteiger partial charge in [-0.25, -0.2) is 8.42 Å². The predicted octanol–water partition coefficient (Wildman–Crippen LogP) is 2.41. The number of anilines is 2. The quantitative estimate of drug-likeness (QED) is 0.867. The topological polar surface area (TPSA) is 80.5 Å². The zero-order valence-electron chi connectivity index (χ0n) is 13.5. The molecule has 0 aromatic heterocycles. The highest BCUT2D eigenvalue weighted by molar-refractivity contribution is 7.89. The van der Waals surface area contributed by atoms with E-state index in [9.17, 15) is 13.2 Å². The summed E-state index contributed by atoms with van der Waals surface area (Å²) in [5, 5.41) is 0. The first-order chi connectivity index (χ1) is 11.3. The van der Waals surface area contributed by atoms with Crippen molar-refractivity contribution in [3.8, 4) is 0 Å². The van der Waals surface area contributed by atoms with Crippen LogP contribution in [-0.2, 0) is 22.0 Å². The van der Waals surface area contributed by atoms with Gasteiger partial charge in [-0.3, -0.25) is 4.79 Å². The van der Waals surface area contributed by atoms with Crippen molar-refractivity contribution >= 4 is 27.1 Å². The first-order valence-corrected chi connectivity index (χ1v) is 9.87. The Kier molecular flexibility index (Phi) is 4.32. The van der Waals surface area contributed by atoms with Crippen molar-refractivity contribution < 1.29 is 13.2 Å². The molecule has 1 aliphatic rings. The molecule has 0 atom stereocenters. The third kappa shape index (κ3) is 3.43. The summed E-state index contributed by atoms with van der Waals surface area (Å²) in [6, 6.07) is 12.4. The summed E-state index contributed by atoms with van der Waals surface area (Å²) in [7, 11) is -3.08. The van der Waals surface area contributed by atoms with Crippen LogP contribution in [0.4, 0.5) is 11.4 Å². The third-order valence-corrected chi connectivity index (χ3v) is 5.02. The molecule has 2 aromatic rings. The van der Waals surface area contributed by atoms with Gasteiger partial charge in [-0.2, -0.15) is 0 Å². The van der Waals surface area contributed by atoms with Crippen LogP contribution in [0, 0.1) is 0 Å². The fourth-order valence-corrected chi connectivity index (χ4v) is 3.86. The lowest BCUT2D eigenvalue weighted by Crippen LogP contribution is -2.35. The Morgan fingerprint density at radius 3 is 2.54 bits per heavy atom. The van der Waals surface area contributed by atoms with E-state index in [1.807, 2.05) is 18.2 Å². The second-order valence-corrected chi connectivity index (χ2v) is 8.31. The maximum Gasteiger partial charge on any atom is 0.258 e. The van der Waals surface area contributed by atoms with Gasteiger partial charge in [0.2, 0.25) is 0 Å². The molecule has 1 aliphatic heterocycles. The highest BCUT2D eigenvalue weighted by Crippen LogP contribution is 2.32. The lowest BCUT2D eigenvalue weighted by Gasteiger charge is -2.30. The van der Waals surface area contributed by atoms with E-state index in [4.69, 9.17) is 5.73 Å². The van der Waals surface area contributed by atoms with Crippen molar-refractivity contribution in [1.82, 2.24) is 0 Å². The molecule has 2 aromatic carbocycles. The number of nitrogens with zero attached hydrogens (tertiary/aromatic N) is 1. The van der Waals surface area contributed by atoms with Crippen molar-refractivity contribution in [2.45, 2.75) is 18.6 Å². The maximum absolute atomic E-state index is 12.8. The van der Waals surface area contributed by atoms with Gasteiger partial charge in [0.25, 0.3) is 5.91 Å². The van der Waals surface area contributed by atoms with Crippen LogP contribution >= 0.6 is 0 Å². The second kappa shape index (κ2) is 6.28. The number of sulfone groups is 1. The monoisotopic (exact) mass is 344 g/mol. The summed E-state index contributed by atoms with van der Waals surface area (Å²) >= 11 is 0. The smallest absolute Gasteiger partial charge is 0.258 e. The Labute approximate surface area is 142 Å². The fraction of sp³-hybridized carbons (Fsp3) is 0.278. The van der Waals surface area contributed by atoms with E-state index in [1.165, 1.54) is 6.26 Å². The van der Waals surface area contributed by atoms with E-state index >= 15 is 0 Å². The molecule has 0 spiro atoms. The molecule has 0 saturated carbocycles. The molecule has 2 N–H and O–H groups in total. The summed E-state index contributed by atoms with van der Waals surface area (Å²) in [4.78, 5) is 14.6. The summed E-state index contributed by atoms with van der Waals surface area (Å²) < 4.78 is 22.7. The number of hydrogen-bond donors (Lipinski definition) is 1. The van der Waals surface area contributed by atoms with Crippen molar-refractivity contribution in [2.75, 3.05) is 23.4 Å². The number of carbonyl (C=O) groups is 1. The Morgan fingerprint density at radius 2 is 1.88 bits per heavy atom. The van der Waals surface area contributed by atoms with E-state index in [1.54, 1.807) is 29.2 Å². The third-order valence-electron chi connectivity index (χ3n) is 4.16. The molecule has 5 nitrogen and oxygen atoms in total. The molecule has 0 bridgehead atoms. The van der Waals surface area contributed by atoms with Crippen LogP contribution in [0.3, 0.4) is 0 Å². The SMILES string of the molecule is CS(=O)(=O)Cc1ccc(C(=O)N2CCCc3c(N)cccc32)cc1. The molecule has 0 saturated heterocycles. The van der Waals surface area contributed by atoms with Crippen LogP contribution in [0.2, 0.25) is 0 Å². The maximum atomic E-state index is 12.8. The van der Waals surface area contributed by atoms with E-state index in [-0.39, 0.29) is 11.7 Å². The average Bonchev–Trinajstić information content (AvgIpc) is 2.53. The van der Waals surface area contributed by atoms with Gasteiger partial charge in [0.15, 0.2) is 9.84 Å². The molecular weight excluding hydrogens is 324 g/mol.